The number of carbonyl (C=O) groups excluding carboxylic acids is 3. The summed E-state index contributed by atoms with van der Waals surface area (Å²) in [6.45, 7) is 6.65. The van der Waals surface area contributed by atoms with Crippen LogP contribution in [0.5, 0.6) is 0 Å². The second kappa shape index (κ2) is 61.9. The maximum atomic E-state index is 12.9. The van der Waals surface area contributed by atoms with E-state index in [4.69, 9.17) is 14.2 Å². The van der Waals surface area contributed by atoms with E-state index in [0.29, 0.717) is 19.3 Å². The highest BCUT2D eigenvalue weighted by atomic mass is 16.6. The van der Waals surface area contributed by atoms with Crippen molar-refractivity contribution in [3.8, 4) is 0 Å². The molecule has 0 heterocycles. The van der Waals surface area contributed by atoms with Crippen LogP contribution in [0.15, 0.2) is 48.6 Å². The zero-order valence-corrected chi connectivity index (χ0v) is 48.9. The molecule has 0 spiro atoms. The molecule has 0 aliphatic carbocycles. The van der Waals surface area contributed by atoms with Crippen molar-refractivity contribution in [3.63, 3.8) is 0 Å². The quantitative estimate of drug-likeness (QED) is 0.0261. The van der Waals surface area contributed by atoms with Crippen molar-refractivity contribution in [2.24, 2.45) is 0 Å². The van der Waals surface area contributed by atoms with Gasteiger partial charge < -0.3 is 14.2 Å². The number of carbonyl (C=O) groups is 3. The Hall–Kier alpha value is -2.63. The minimum Gasteiger partial charge on any atom is -0.462 e. The highest BCUT2D eigenvalue weighted by Crippen LogP contribution is 2.17. The van der Waals surface area contributed by atoms with Crippen LogP contribution >= 0.6 is 0 Å². The SMILES string of the molecule is CCCCC/C=C\C/C=C\CCCCCCCCCC(=O)O[C@@H](COC(=O)CCCCCCCCC/C=C\CCCCCCCC)COC(=O)CCCCCCCCCCCCC/C=C\CCCCCCCC. The first-order chi connectivity index (χ1) is 36.0. The van der Waals surface area contributed by atoms with Crippen molar-refractivity contribution >= 4 is 17.9 Å². The first kappa shape index (κ1) is 70.4. The van der Waals surface area contributed by atoms with Gasteiger partial charge in [-0.15, -0.1) is 0 Å². The third-order valence-electron chi connectivity index (χ3n) is 14.3. The van der Waals surface area contributed by atoms with E-state index in [1.165, 1.54) is 231 Å². The summed E-state index contributed by atoms with van der Waals surface area (Å²) in [4.78, 5) is 38.3. The van der Waals surface area contributed by atoms with Gasteiger partial charge >= 0.3 is 17.9 Å². The molecule has 0 fully saturated rings. The van der Waals surface area contributed by atoms with Crippen LogP contribution in [-0.2, 0) is 28.6 Å². The summed E-state index contributed by atoms with van der Waals surface area (Å²) in [5.74, 6) is -0.869. The molecular weight excluding hydrogens is 901 g/mol. The number of esters is 3. The Bertz CT molecular complexity index is 1270. The molecule has 0 unspecified atom stereocenters. The van der Waals surface area contributed by atoms with Crippen molar-refractivity contribution in [3.05, 3.63) is 48.6 Å². The van der Waals surface area contributed by atoms with E-state index in [9.17, 15) is 14.4 Å². The van der Waals surface area contributed by atoms with Gasteiger partial charge in [0.05, 0.1) is 0 Å². The first-order valence-electron chi connectivity index (χ1n) is 32.1. The zero-order chi connectivity index (χ0) is 52.9. The third kappa shape index (κ3) is 60.1. The van der Waals surface area contributed by atoms with E-state index >= 15 is 0 Å². The fourth-order valence-electron chi connectivity index (χ4n) is 9.41. The van der Waals surface area contributed by atoms with Crippen LogP contribution in [0.2, 0.25) is 0 Å². The molecule has 0 saturated carbocycles. The van der Waals surface area contributed by atoms with Crippen molar-refractivity contribution < 1.29 is 28.6 Å². The number of hydrogen-bond donors (Lipinski definition) is 0. The van der Waals surface area contributed by atoms with Crippen molar-refractivity contribution in [2.75, 3.05) is 13.2 Å². The molecule has 0 bridgehead atoms. The highest BCUT2D eigenvalue weighted by Gasteiger charge is 2.19. The number of ether oxygens (including phenoxy) is 3. The Balaban J connectivity index is 4.34. The van der Waals surface area contributed by atoms with Gasteiger partial charge in [0.25, 0.3) is 0 Å². The molecule has 73 heavy (non-hydrogen) atoms. The Labute approximate surface area is 454 Å². The third-order valence-corrected chi connectivity index (χ3v) is 14.3. The van der Waals surface area contributed by atoms with Crippen LogP contribution in [-0.4, -0.2) is 37.2 Å². The minimum absolute atomic E-state index is 0.0757. The van der Waals surface area contributed by atoms with E-state index in [0.717, 1.165) is 70.6 Å². The van der Waals surface area contributed by atoms with Gasteiger partial charge in [-0.05, 0) is 103 Å². The Morgan fingerprint density at radius 3 is 0.795 bits per heavy atom. The molecule has 0 aliphatic rings. The lowest BCUT2D eigenvalue weighted by Gasteiger charge is -2.18. The first-order valence-corrected chi connectivity index (χ1v) is 32.1. The second-order valence-corrected chi connectivity index (χ2v) is 21.7. The van der Waals surface area contributed by atoms with Crippen LogP contribution in [0.3, 0.4) is 0 Å². The van der Waals surface area contributed by atoms with Crippen molar-refractivity contribution in [1.82, 2.24) is 0 Å². The van der Waals surface area contributed by atoms with E-state index < -0.39 is 6.10 Å². The largest absolute Gasteiger partial charge is 0.462 e. The van der Waals surface area contributed by atoms with Gasteiger partial charge in [-0.3, -0.25) is 14.4 Å². The molecule has 1 atom stereocenters. The predicted molar refractivity (Wildman–Crippen MR) is 316 cm³/mol. The molecule has 0 aromatic heterocycles. The van der Waals surface area contributed by atoms with Crippen molar-refractivity contribution in [2.45, 2.75) is 348 Å². The molecule has 0 amide bonds. The van der Waals surface area contributed by atoms with E-state index in [1.807, 2.05) is 0 Å². The second-order valence-electron chi connectivity index (χ2n) is 21.7. The maximum Gasteiger partial charge on any atom is 0.306 e. The topological polar surface area (TPSA) is 78.9 Å². The molecule has 426 valence electrons. The predicted octanol–water partition coefficient (Wildman–Crippen LogP) is 21.8. The normalized spacial score (nSPS) is 12.3. The van der Waals surface area contributed by atoms with Crippen LogP contribution in [0, 0.1) is 0 Å². The van der Waals surface area contributed by atoms with Crippen molar-refractivity contribution in [1.29, 1.82) is 0 Å². The molecule has 6 heteroatoms. The van der Waals surface area contributed by atoms with E-state index in [2.05, 4.69) is 69.4 Å². The Morgan fingerprint density at radius 2 is 0.493 bits per heavy atom. The maximum absolute atomic E-state index is 12.9. The van der Waals surface area contributed by atoms with Gasteiger partial charge in [-0.1, -0.05) is 268 Å². The molecule has 0 aliphatic heterocycles. The molecule has 0 rings (SSSR count). The average molecular weight is 1020 g/mol. The lowest BCUT2D eigenvalue weighted by molar-refractivity contribution is -0.167. The van der Waals surface area contributed by atoms with Gasteiger partial charge in [-0.25, -0.2) is 0 Å². The Kier molecular flexibility index (Phi) is 59.7. The highest BCUT2D eigenvalue weighted by molar-refractivity contribution is 5.71. The van der Waals surface area contributed by atoms with Crippen LogP contribution in [0.1, 0.15) is 342 Å². The van der Waals surface area contributed by atoms with Gasteiger partial charge in [0.1, 0.15) is 13.2 Å². The smallest absolute Gasteiger partial charge is 0.306 e. The van der Waals surface area contributed by atoms with Crippen LogP contribution in [0.4, 0.5) is 0 Å². The lowest BCUT2D eigenvalue weighted by atomic mass is 10.0. The van der Waals surface area contributed by atoms with Crippen LogP contribution < -0.4 is 0 Å². The van der Waals surface area contributed by atoms with Gasteiger partial charge in [0.15, 0.2) is 6.10 Å². The summed E-state index contributed by atoms with van der Waals surface area (Å²) in [6, 6.07) is 0. The summed E-state index contributed by atoms with van der Waals surface area (Å²) in [6.07, 6.45) is 76.8. The zero-order valence-electron chi connectivity index (χ0n) is 48.9. The summed E-state index contributed by atoms with van der Waals surface area (Å²) >= 11 is 0. The molecular formula is C67H122O6. The van der Waals surface area contributed by atoms with Gasteiger partial charge in [0.2, 0.25) is 0 Å². The average Bonchev–Trinajstić information content (AvgIpc) is 3.39. The minimum atomic E-state index is -0.779. The number of rotatable bonds is 59. The monoisotopic (exact) mass is 1020 g/mol. The van der Waals surface area contributed by atoms with E-state index in [1.54, 1.807) is 0 Å². The molecule has 6 nitrogen and oxygen atoms in total. The number of unbranched alkanes of at least 4 members (excludes halogenated alkanes) is 40. The number of hydrogen-bond acceptors (Lipinski definition) is 6. The molecule has 0 N–H and O–H groups in total. The summed E-state index contributed by atoms with van der Waals surface area (Å²) < 4.78 is 16.9. The Morgan fingerprint density at radius 1 is 0.274 bits per heavy atom. The van der Waals surface area contributed by atoms with Crippen LogP contribution in [0.25, 0.3) is 0 Å². The molecule has 0 aromatic rings. The summed E-state index contributed by atoms with van der Waals surface area (Å²) in [5.41, 5.74) is 0. The molecule has 0 radical (unpaired) electrons. The lowest BCUT2D eigenvalue weighted by Crippen LogP contribution is -2.30. The fraction of sp³-hybridized carbons (Fsp3) is 0.836. The molecule has 0 saturated heterocycles. The van der Waals surface area contributed by atoms with Gasteiger partial charge in [-0.2, -0.15) is 0 Å². The standard InChI is InChI=1S/C67H122O6/c1-4-7-10-13-16-19-22-25-28-31-32-33-34-37-39-42-45-48-51-54-57-60-66(69)72-63-64(73-67(70)61-58-55-52-49-46-43-40-36-30-27-24-21-18-15-12-9-6-3)62-71-65(68)59-56-53-50-47-44-41-38-35-29-26-23-20-17-14-11-8-5-2/h18,21,25-30,64H,4-17,19-20,22-24,31-63H2,1-3H3/b21-18-,28-25-,29-26-,30-27-/t64-/m0/s1. The number of allylic oxidation sites excluding steroid dienone is 8. The summed E-state index contributed by atoms with van der Waals surface area (Å²) in [7, 11) is 0. The fourth-order valence-corrected chi connectivity index (χ4v) is 9.41. The van der Waals surface area contributed by atoms with Gasteiger partial charge in [0, 0.05) is 19.3 Å². The summed E-state index contributed by atoms with van der Waals surface area (Å²) in [5, 5.41) is 0. The molecule has 0 aromatic carbocycles. The van der Waals surface area contributed by atoms with E-state index in [-0.39, 0.29) is 31.1 Å².